The average Bonchev–Trinajstić information content (AvgIpc) is 2.80. The number of aromatic nitrogens is 2. The molecule has 6 heteroatoms. The molecule has 0 unspecified atom stereocenters. The van der Waals surface area contributed by atoms with E-state index in [0.717, 1.165) is 44.2 Å². The van der Waals surface area contributed by atoms with Crippen LogP contribution in [0.3, 0.4) is 0 Å². The van der Waals surface area contributed by atoms with E-state index < -0.39 is 0 Å². The Hall–Kier alpha value is -1.59. The Labute approximate surface area is 131 Å². The minimum Gasteiger partial charge on any atom is -0.362 e. The van der Waals surface area contributed by atoms with Gasteiger partial charge in [-0.25, -0.2) is 0 Å². The maximum absolute atomic E-state index is 5.26. The van der Waals surface area contributed by atoms with Crippen LogP contribution in [0.4, 0.5) is 5.69 Å². The van der Waals surface area contributed by atoms with E-state index in [4.69, 9.17) is 4.52 Å². The molecule has 0 amide bonds. The van der Waals surface area contributed by atoms with Gasteiger partial charge in [-0.1, -0.05) is 30.3 Å². The normalized spacial score (nSPS) is 14.2. The van der Waals surface area contributed by atoms with Crippen molar-refractivity contribution >= 4 is 18.1 Å². The molecule has 0 saturated carbocycles. The Balaban J connectivity index is 0.00000161. The molecule has 114 valence electrons. The van der Waals surface area contributed by atoms with E-state index in [2.05, 4.69) is 51.5 Å². The number of benzene rings is 1. The van der Waals surface area contributed by atoms with Gasteiger partial charge in [0.25, 0.3) is 0 Å². The lowest BCUT2D eigenvalue weighted by molar-refractivity contribution is 0.371. The van der Waals surface area contributed by atoms with Crippen LogP contribution >= 0.6 is 12.4 Å². The number of hydrogen-bond donors (Lipinski definition) is 1. The summed E-state index contributed by atoms with van der Waals surface area (Å²) in [5.74, 6) is 1.51. The fraction of sp³-hybridized carbons (Fsp3) is 0.467. The number of aryl methyl sites for hydroxylation is 1. The SMILES string of the molecule is CCCc1nc(CN2CCNCc3ccccc32)no1.Cl. The summed E-state index contributed by atoms with van der Waals surface area (Å²) in [5, 5.41) is 7.52. The molecule has 1 aromatic carbocycles. The number of halogens is 1. The summed E-state index contributed by atoms with van der Waals surface area (Å²) in [4.78, 5) is 6.77. The molecule has 1 aromatic heterocycles. The minimum absolute atomic E-state index is 0. The summed E-state index contributed by atoms with van der Waals surface area (Å²) in [6.45, 7) is 5.65. The van der Waals surface area contributed by atoms with Crippen LogP contribution in [0.1, 0.15) is 30.6 Å². The number of nitrogens with one attached hydrogen (secondary N) is 1. The van der Waals surface area contributed by atoms with Gasteiger partial charge in [-0.3, -0.25) is 0 Å². The molecule has 0 atom stereocenters. The van der Waals surface area contributed by atoms with Gasteiger partial charge in [0.15, 0.2) is 5.82 Å². The number of para-hydroxylation sites is 1. The van der Waals surface area contributed by atoms with Crippen molar-refractivity contribution in [2.45, 2.75) is 32.9 Å². The third kappa shape index (κ3) is 3.74. The molecule has 2 heterocycles. The van der Waals surface area contributed by atoms with Crippen LogP contribution in [-0.4, -0.2) is 23.2 Å². The van der Waals surface area contributed by atoms with E-state index in [-0.39, 0.29) is 12.4 Å². The summed E-state index contributed by atoms with van der Waals surface area (Å²) in [5.41, 5.74) is 2.58. The number of nitrogens with zero attached hydrogens (tertiary/aromatic N) is 3. The number of fused-ring (bicyclic) bond motifs is 1. The van der Waals surface area contributed by atoms with Crippen molar-refractivity contribution in [2.24, 2.45) is 0 Å². The lowest BCUT2D eigenvalue weighted by Crippen LogP contribution is -2.28. The first kappa shape index (κ1) is 15.8. The second-order valence-electron chi connectivity index (χ2n) is 5.08. The molecule has 0 fully saturated rings. The second-order valence-corrected chi connectivity index (χ2v) is 5.08. The van der Waals surface area contributed by atoms with E-state index >= 15 is 0 Å². The van der Waals surface area contributed by atoms with Crippen LogP contribution in [0, 0.1) is 0 Å². The molecule has 2 aromatic rings. The third-order valence-corrected chi connectivity index (χ3v) is 3.51. The number of rotatable bonds is 4. The largest absolute Gasteiger partial charge is 0.362 e. The van der Waals surface area contributed by atoms with Gasteiger partial charge in [0.05, 0.1) is 6.54 Å². The molecular formula is C15H21ClN4O. The minimum atomic E-state index is 0. The van der Waals surface area contributed by atoms with Crippen molar-refractivity contribution in [3.05, 3.63) is 41.5 Å². The smallest absolute Gasteiger partial charge is 0.226 e. The van der Waals surface area contributed by atoms with Gasteiger partial charge in [-0.15, -0.1) is 12.4 Å². The summed E-state index contributed by atoms with van der Waals surface area (Å²) in [7, 11) is 0. The molecule has 1 aliphatic heterocycles. The highest BCUT2D eigenvalue weighted by atomic mass is 35.5. The molecule has 0 saturated heterocycles. The van der Waals surface area contributed by atoms with Crippen LogP contribution < -0.4 is 10.2 Å². The summed E-state index contributed by atoms with van der Waals surface area (Å²) in [6, 6.07) is 8.49. The highest BCUT2D eigenvalue weighted by Crippen LogP contribution is 2.23. The lowest BCUT2D eigenvalue weighted by atomic mass is 10.1. The molecule has 1 N–H and O–H groups in total. The number of anilines is 1. The zero-order chi connectivity index (χ0) is 13.8. The van der Waals surface area contributed by atoms with Gasteiger partial charge in [-0.2, -0.15) is 4.98 Å². The highest BCUT2D eigenvalue weighted by molar-refractivity contribution is 5.85. The van der Waals surface area contributed by atoms with Crippen LogP contribution in [-0.2, 0) is 19.5 Å². The first-order valence-electron chi connectivity index (χ1n) is 7.22. The monoisotopic (exact) mass is 308 g/mol. The first-order chi connectivity index (χ1) is 9.86. The van der Waals surface area contributed by atoms with Gasteiger partial charge in [0, 0.05) is 31.7 Å². The summed E-state index contributed by atoms with van der Waals surface area (Å²) < 4.78 is 5.26. The molecule has 1 aliphatic rings. The van der Waals surface area contributed by atoms with E-state index in [9.17, 15) is 0 Å². The second kappa shape index (κ2) is 7.43. The van der Waals surface area contributed by atoms with E-state index in [1.165, 1.54) is 11.3 Å². The predicted octanol–water partition coefficient (Wildman–Crippen LogP) is 2.55. The topological polar surface area (TPSA) is 54.2 Å². The van der Waals surface area contributed by atoms with Gasteiger partial charge in [0.2, 0.25) is 5.89 Å². The Kier molecular flexibility index (Phi) is 5.59. The van der Waals surface area contributed by atoms with Crippen molar-refractivity contribution in [1.29, 1.82) is 0 Å². The molecule has 0 aliphatic carbocycles. The Bertz CT molecular complexity index is 572. The Morgan fingerprint density at radius 1 is 1.33 bits per heavy atom. The van der Waals surface area contributed by atoms with Crippen molar-refractivity contribution in [1.82, 2.24) is 15.5 Å². The third-order valence-electron chi connectivity index (χ3n) is 3.51. The van der Waals surface area contributed by atoms with Crippen LogP contribution in [0.15, 0.2) is 28.8 Å². The Morgan fingerprint density at radius 2 is 2.19 bits per heavy atom. The zero-order valence-corrected chi connectivity index (χ0v) is 13.0. The van der Waals surface area contributed by atoms with Crippen molar-refractivity contribution < 1.29 is 4.52 Å². The molecular weight excluding hydrogens is 288 g/mol. The van der Waals surface area contributed by atoms with E-state index in [1.807, 2.05) is 0 Å². The number of hydrogen-bond acceptors (Lipinski definition) is 5. The van der Waals surface area contributed by atoms with Gasteiger partial charge in [-0.05, 0) is 18.1 Å². The fourth-order valence-electron chi connectivity index (χ4n) is 2.53. The molecule has 21 heavy (non-hydrogen) atoms. The molecule has 3 rings (SSSR count). The average molecular weight is 309 g/mol. The van der Waals surface area contributed by atoms with Crippen molar-refractivity contribution in [3.63, 3.8) is 0 Å². The van der Waals surface area contributed by atoms with Crippen molar-refractivity contribution in [3.8, 4) is 0 Å². The standard InChI is InChI=1S/C15H20N4O.ClH/c1-2-5-15-17-14(18-20-15)11-19-9-8-16-10-12-6-3-4-7-13(12)19;/h3-4,6-7,16H,2,5,8-11H2,1H3;1H. The van der Waals surface area contributed by atoms with Crippen LogP contribution in [0.5, 0.6) is 0 Å². The maximum atomic E-state index is 5.26. The summed E-state index contributed by atoms with van der Waals surface area (Å²) >= 11 is 0. The Morgan fingerprint density at radius 3 is 3.05 bits per heavy atom. The zero-order valence-electron chi connectivity index (χ0n) is 12.2. The first-order valence-corrected chi connectivity index (χ1v) is 7.22. The van der Waals surface area contributed by atoms with Crippen molar-refractivity contribution in [2.75, 3.05) is 18.0 Å². The van der Waals surface area contributed by atoms with Gasteiger partial charge < -0.3 is 14.7 Å². The van der Waals surface area contributed by atoms with Crippen LogP contribution in [0.2, 0.25) is 0 Å². The van der Waals surface area contributed by atoms with Gasteiger partial charge >= 0.3 is 0 Å². The molecule has 0 spiro atoms. The van der Waals surface area contributed by atoms with E-state index in [0.29, 0.717) is 6.54 Å². The fourth-order valence-corrected chi connectivity index (χ4v) is 2.53. The lowest BCUT2D eigenvalue weighted by Gasteiger charge is -2.22. The van der Waals surface area contributed by atoms with Gasteiger partial charge in [0.1, 0.15) is 0 Å². The molecule has 0 bridgehead atoms. The highest BCUT2D eigenvalue weighted by Gasteiger charge is 2.17. The quantitative estimate of drug-likeness (QED) is 0.940. The summed E-state index contributed by atoms with van der Waals surface area (Å²) in [6.07, 6.45) is 1.88. The maximum Gasteiger partial charge on any atom is 0.226 e. The van der Waals surface area contributed by atoms with E-state index in [1.54, 1.807) is 0 Å². The molecule has 0 radical (unpaired) electrons. The predicted molar refractivity (Wildman–Crippen MR) is 84.7 cm³/mol. The van der Waals surface area contributed by atoms with Crippen LogP contribution in [0.25, 0.3) is 0 Å². The molecule has 5 nitrogen and oxygen atoms in total.